The number of carbonyl (C=O) groups excluding carboxylic acids is 1. The maximum atomic E-state index is 12.5. The second kappa shape index (κ2) is 29.2. The Labute approximate surface area is 293 Å². The zero-order valence-corrected chi connectivity index (χ0v) is 30.5. The van der Waals surface area contributed by atoms with Crippen molar-refractivity contribution in [2.24, 2.45) is 0 Å². The molecule has 2 rings (SSSR count). The van der Waals surface area contributed by atoms with Crippen LogP contribution in [0.25, 0.3) is 0 Å². The first-order chi connectivity index (χ1) is 23.6. The van der Waals surface area contributed by atoms with Crippen molar-refractivity contribution in [2.45, 2.75) is 205 Å². The lowest BCUT2D eigenvalue weighted by Gasteiger charge is -2.41. The van der Waals surface area contributed by atoms with Crippen molar-refractivity contribution in [3.05, 3.63) is 35.9 Å². The van der Waals surface area contributed by atoms with E-state index in [2.05, 4.69) is 6.92 Å². The maximum Gasteiger partial charge on any atom is 0.338 e. The van der Waals surface area contributed by atoms with Gasteiger partial charge in [-0.2, -0.15) is 0 Å². The van der Waals surface area contributed by atoms with Gasteiger partial charge < -0.3 is 29.5 Å². The Bertz CT molecular complexity index is 866. The van der Waals surface area contributed by atoms with Crippen LogP contribution in [-0.2, 0) is 14.2 Å². The number of benzene rings is 1. The molecule has 0 bridgehead atoms. The van der Waals surface area contributed by atoms with Crippen LogP contribution in [0.4, 0.5) is 0 Å². The van der Waals surface area contributed by atoms with Crippen LogP contribution < -0.4 is 0 Å². The summed E-state index contributed by atoms with van der Waals surface area (Å²) in [6.45, 7) is 2.19. The number of esters is 1. The van der Waals surface area contributed by atoms with Crippen molar-refractivity contribution in [3.8, 4) is 0 Å². The molecular formula is C41H72O7. The number of aliphatic hydroxyl groups is 3. The Balaban J connectivity index is 1.35. The van der Waals surface area contributed by atoms with E-state index in [-0.39, 0.29) is 0 Å². The lowest BCUT2D eigenvalue weighted by atomic mass is 9.99. The van der Waals surface area contributed by atoms with Gasteiger partial charge in [-0.05, 0) is 18.6 Å². The van der Waals surface area contributed by atoms with Crippen molar-refractivity contribution in [3.63, 3.8) is 0 Å². The molecule has 3 N–H and O–H groups in total. The average molecular weight is 677 g/mol. The SMILES string of the molecule is CCCCCCCCCCCCCCCCCCCCCCCCCCCCO[C@@H]1O[C@H](CO)[C@@H](O)[C@H](OC(=O)c2ccccc2)[C@H]1O. The van der Waals surface area contributed by atoms with E-state index in [1.807, 2.05) is 0 Å². The number of rotatable bonds is 31. The van der Waals surface area contributed by atoms with Gasteiger partial charge in [0.1, 0.15) is 18.3 Å². The lowest BCUT2D eigenvalue weighted by Crippen LogP contribution is -2.60. The van der Waals surface area contributed by atoms with Crippen LogP contribution in [0.1, 0.15) is 184 Å². The van der Waals surface area contributed by atoms with Crippen molar-refractivity contribution >= 4 is 5.97 Å². The number of ether oxygens (including phenoxy) is 3. The van der Waals surface area contributed by atoms with Crippen molar-refractivity contribution in [2.75, 3.05) is 13.2 Å². The van der Waals surface area contributed by atoms with Crippen LogP contribution in [0, 0.1) is 0 Å². The fourth-order valence-electron chi connectivity index (χ4n) is 6.71. The summed E-state index contributed by atoms with van der Waals surface area (Å²) in [7, 11) is 0. The number of hydrogen-bond acceptors (Lipinski definition) is 7. The van der Waals surface area contributed by atoms with Gasteiger partial charge in [-0.15, -0.1) is 0 Å². The summed E-state index contributed by atoms with van der Waals surface area (Å²) >= 11 is 0. The molecule has 1 heterocycles. The fourth-order valence-corrected chi connectivity index (χ4v) is 6.71. The molecule has 1 aromatic rings. The third-order valence-corrected chi connectivity index (χ3v) is 9.85. The first kappa shape index (κ1) is 42.7. The Morgan fingerprint density at radius 1 is 0.604 bits per heavy atom. The topological polar surface area (TPSA) is 105 Å². The second-order valence-electron chi connectivity index (χ2n) is 14.2. The molecule has 1 saturated heterocycles. The molecule has 0 spiro atoms. The standard InChI is InChI=1S/C41H72O7/c1-2-3-4-5-6-7-8-9-10-11-12-13-14-15-16-17-18-19-20-21-22-23-24-25-26-30-33-46-41-38(44)39(37(43)36(34-42)47-41)48-40(45)35-31-28-27-29-32-35/h27-29,31-32,36-39,41-44H,2-26,30,33-34H2,1H3/t36-,37-,38-,39+,41-/m1/s1. The van der Waals surface area contributed by atoms with E-state index in [1.54, 1.807) is 30.3 Å². The van der Waals surface area contributed by atoms with Gasteiger partial charge in [0.15, 0.2) is 12.4 Å². The van der Waals surface area contributed by atoms with Crippen LogP contribution in [0.5, 0.6) is 0 Å². The summed E-state index contributed by atoms with van der Waals surface area (Å²) in [6, 6.07) is 8.39. The molecule has 5 atom stereocenters. The summed E-state index contributed by atoms with van der Waals surface area (Å²) in [4.78, 5) is 12.5. The summed E-state index contributed by atoms with van der Waals surface area (Å²) < 4.78 is 16.8. The highest BCUT2D eigenvalue weighted by atomic mass is 16.7. The van der Waals surface area contributed by atoms with E-state index in [9.17, 15) is 20.1 Å². The molecule has 0 aromatic heterocycles. The molecular weight excluding hydrogens is 604 g/mol. The number of aliphatic hydroxyl groups excluding tert-OH is 3. The van der Waals surface area contributed by atoms with Crippen LogP contribution in [0.2, 0.25) is 0 Å². The van der Waals surface area contributed by atoms with Crippen LogP contribution in [0.15, 0.2) is 30.3 Å². The highest BCUT2D eigenvalue weighted by molar-refractivity contribution is 5.89. The monoisotopic (exact) mass is 677 g/mol. The van der Waals surface area contributed by atoms with Crippen LogP contribution in [0.3, 0.4) is 0 Å². The second-order valence-corrected chi connectivity index (χ2v) is 14.2. The van der Waals surface area contributed by atoms with E-state index >= 15 is 0 Å². The molecule has 0 unspecified atom stereocenters. The molecule has 1 aliphatic rings. The third-order valence-electron chi connectivity index (χ3n) is 9.85. The zero-order chi connectivity index (χ0) is 34.5. The molecule has 1 aliphatic heterocycles. The normalized spacial score (nSPS) is 21.0. The highest BCUT2D eigenvalue weighted by Gasteiger charge is 2.47. The zero-order valence-electron chi connectivity index (χ0n) is 30.5. The van der Waals surface area contributed by atoms with E-state index in [0.29, 0.717) is 12.2 Å². The van der Waals surface area contributed by atoms with Gasteiger partial charge >= 0.3 is 5.97 Å². The Morgan fingerprint density at radius 3 is 1.40 bits per heavy atom. The Morgan fingerprint density at radius 2 is 1.00 bits per heavy atom. The van der Waals surface area contributed by atoms with Gasteiger partial charge in [-0.25, -0.2) is 4.79 Å². The average Bonchev–Trinajstić information content (AvgIpc) is 3.10. The molecule has 1 aromatic carbocycles. The summed E-state index contributed by atoms with van der Waals surface area (Å²) in [6.07, 6.45) is 29.1. The minimum Gasteiger partial charge on any atom is -0.453 e. The van der Waals surface area contributed by atoms with Crippen molar-refractivity contribution < 1.29 is 34.3 Å². The summed E-state index contributed by atoms with van der Waals surface area (Å²) in [5, 5.41) is 30.9. The first-order valence-electron chi connectivity index (χ1n) is 20.1. The predicted molar refractivity (Wildman–Crippen MR) is 195 cm³/mol. The van der Waals surface area contributed by atoms with Crippen LogP contribution in [-0.4, -0.2) is 65.2 Å². The molecule has 0 aliphatic carbocycles. The largest absolute Gasteiger partial charge is 0.453 e. The smallest absolute Gasteiger partial charge is 0.338 e. The first-order valence-corrected chi connectivity index (χ1v) is 20.1. The van der Waals surface area contributed by atoms with E-state index in [4.69, 9.17) is 14.2 Å². The Hall–Kier alpha value is -1.51. The molecule has 278 valence electrons. The van der Waals surface area contributed by atoms with Gasteiger partial charge in [0.05, 0.1) is 12.2 Å². The van der Waals surface area contributed by atoms with E-state index < -0.39 is 43.3 Å². The molecule has 0 radical (unpaired) electrons. The van der Waals surface area contributed by atoms with Gasteiger partial charge in [0.2, 0.25) is 0 Å². The number of hydrogen-bond donors (Lipinski definition) is 3. The quantitative estimate of drug-likeness (QED) is 0.0531. The third kappa shape index (κ3) is 19.6. The molecule has 1 fully saturated rings. The predicted octanol–water partition coefficient (Wildman–Crippen LogP) is 9.83. The van der Waals surface area contributed by atoms with E-state index in [1.165, 1.54) is 148 Å². The van der Waals surface area contributed by atoms with Gasteiger partial charge in [-0.1, -0.05) is 186 Å². The lowest BCUT2D eigenvalue weighted by molar-refractivity contribution is -0.300. The fraction of sp³-hybridized carbons (Fsp3) is 0.829. The summed E-state index contributed by atoms with van der Waals surface area (Å²) in [5.41, 5.74) is 0.312. The Kier molecular flexibility index (Phi) is 26.0. The molecule has 0 saturated carbocycles. The molecule has 0 amide bonds. The van der Waals surface area contributed by atoms with Gasteiger partial charge in [0, 0.05) is 6.61 Å². The minimum absolute atomic E-state index is 0.312. The van der Waals surface area contributed by atoms with Crippen molar-refractivity contribution in [1.29, 1.82) is 0 Å². The maximum absolute atomic E-state index is 12.5. The molecule has 7 heteroatoms. The van der Waals surface area contributed by atoms with Gasteiger partial charge in [-0.3, -0.25) is 0 Å². The van der Waals surface area contributed by atoms with Gasteiger partial charge in [0.25, 0.3) is 0 Å². The van der Waals surface area contributed by atoms with E-state index in [0.717, 1.165) is 19.3 Å². The number of carbonyl (C=O) groups is 1. The number of unbranched alkanes of at least 4 members (excludes halogenated alkanes) is 25. The highest BCUT2D eigenvalue weighted by Crippen LogP contribution is 2.26. The van der Waals surface area contributed by atoms with Crippen molar-refractivity contribution in [1.82, 2.24) is 0 Å². The molecule has 7 nitrogen and oxygen atoms in total. The van der Waals surface area contributed by atoms with Crippen LogP contribution >= 0.6 is 0 Å². The minimum atomic E-state index is -1.36. The summed E-state index contributed by atoms with van der Waals surface area (Å²) in [5.74, 6) is -0.661. The molecule has 48 heavy (non-hydrogen) atoms.